The van der Waals surface area contributed by atoms with Crippen molar-refractivity contribution in [2.24, 2.45) is 0 Å². The van der Waals surface area contributed by atoms with E-state index in [2.05, 4.69) is 15.5 Å². The Bertz CT molecular complexity index is 802. The van der Waals surface area contributed by atoms with Crippen molar-refractivity contribution in [3.8, 4) is 0 Å². The molecular weight excluding hydrogens is 380 g/mol. The molecule has 0 bridgehead atoms. The fourth-order valence-electron chi connectivity index (χ4n) is 2.56. The number of rotatable bonds is 8. The molecule has 1 aromatic carbocycles. The standard InChI is InChI=1S/C19H24N4O2S2/c1-4-16(24)23(15-9-10-15)18-21-22-19(27-18)26-13(3)17(25)20-11-14-7-5-12(2)6-8-14/h5-8,13,15H,4,9-11H2,1-3H3,(H,20,25)/t13-/m1/s1. The second-order valence-corrected chi connectivity index (χ2v) is 9.21. The third kappa shape index (κ3) is 5.29. The first-order valence-electron chi connectivity index (χ1n) is 9.13. The van der Waals surface area contributed by atoms with Gasteiger partial charge in [0.05, 0.1) is 5.25 Å². The molecule has 1 heterocycles. The first-order valence-corrected chi connectivity index (χ1v) is 10.8. The number of carbonyl (C=O) groups excluding carboxylic acids is 2. The maximum Gasteiger partial charge on any atom is 0.233 e. The van der Waals surface area contributed by atoms with Crippen molar-refractivity contribution in [1.82, 2.24) is 15.5 Å². The Morgan fingerprint density at radius 2 is 2.00 bits per heavy atom. The zero-order valence-corrected chi connectivity index (χ0v) is 17.4. The molecule has 8 heteroatoms. The molecule has 1 aromatic heterocycles. The van der Waals surface area contributed by atoms with Gasteiger partial charge in [-0.15, -0.1) is 10.2 Å². The lowest BCUT2D eigenvalue weighted by molar-refractivity contribution is -0.120. The molecular formula is C19H24N4O2S2. The average Bonchev–Trinajstić information content (AvgIpc) is 3.39. The summed E-state index contributed by atoms with van der Waals surface area (Å²) < 4.78 is 0.706. The Morgan fingerprint density at radius 1 is 1.30 bits per heavy atom. The fraction of sp³-hybridized carbons (Fsp3) is 0.474. The number of nitrogens with zero attached hydrogens (tertiary/aromatic N) is 3. The first-order chi connectivity index (χ1) is 13.0. The Morgan fingerprint density at radius 3 is 2.63 bits per heavy atom. The molecule has 6 nitrogen and oxygen atoms in total. The van der Waals surface area contributed by atoms with Crippen LogP contribution in [0.3, 0.4) is 0 Å². The Balaban J connectivity index is 1.55. The minimum atomic E-state index is -0.285. The number of amides is 2. The van der Waals surface area contributed by atoms with Gasteiger partial charge >= 0.3 is 0 Å². The van der Waals surface area contributed by atoms with Gasteiger partial charge in [0.15, 0.2) is 4.34 Å². The molecule has 2 aromatic rings. The highest BCUT2D eigenvalue weighted by Gasteiger charge is 2.35. The summed E-state index contributed by atoms with van der Waals surface area (Å²) in [6, 6.07) is 8.36. The molecule has 0 radical (unpaired) electrons. The van der Waals surface area contributed by atoms with E-state index in [0.717, 1.165) is 18.4 Å². The molecule has 1 atom stereocenters. The normalized spacial score (nSPS) is 14.6. The molecule has 144 valence electrons. The summed E-state index contributed by atoms with van der Waals surface area (Å²) in [4.78, 5) is 26.3. The van der Waals surface area contributed by atoms with Crippen molar-refractivity contribution in [3.63, 3.8) is 0 Å². The Labute approximate surface area is 167 Å². The van der Waals surface area contributed by atoms with Crippen LogP contribution in [0.2, 0.25) is 0 Å². The first kappa shape index (κ1) is 19.8. The van der Waals surface area contributed by atoms with Crippen LogP contribution in [0.15, 0.2) is 28.6 Å². The molecule has 1 N–H and O–H groups in total. The summed E-state index contributed by atoms with van der Waals surface area (Å²) in [6.07, 6.45) is 2.49. The van der Waals surface area contributed by atoms with Crippen molar-refractivity contribution >= 4 is 40.0 Å². The van der Waals surface area contributed by atoms with Crippen molar-refractivity contribution in [3.05, 3.63) is 35.4 Å². The summed E-state index contributed by atoms with van der Waals surface area (Å²) in [7, 11) is 0. The lowest BCUT2D eigenvalue weighted by atomic mass is 10.1. The van der Waals surface area contributed by atoms with Gasteiger partial charge < -0.3 is 5.32 Å². The van der Waals surface area contributed by atoms with E-state index >= 15 is 0 Å². The van der Waals surface area contributed by atoms with Gasteiger partial charge in [-0.3, -0.25) is 14.5 Å². The highest BCUT2D eigenvalue weighted by atomic mass is 32.2. The molecule has 1 aliphatic rings. The van der Waals surface area contributed by atoms with E-state index in [1.54, 1.807) is 4.90 Å². The number of carbonyl (C=O) groups is 2. The van der Waals surface area contributed by atoms with Crippen LogP contribution in [-0.2, 0) is 16.1 Å². The third-order valence-electron chi connectivity index (χ3n) is 4.32. The van der Waals surface area contributed by atoms with Crippen molar-refractivity contribution in [2.45, 2.75) is 62.2 Å². The number of aromatic nitrogens is 2. The molecule has 1 saturated carbocycles. The van der Waals surface area contributed by atoms with E-state index in [9.17, 15) is 9.59 Å². The minimum Gasteiger partial charge on any atom is -0.351 e. The summed E-state index contributed by atoms with van der Waals surface area (Å²) in [5.74, 6) is 0.0371. The molecule has 27 heavy (non-hydrogen) atoms. The number of hydrogen-bond acceptors (Lipinski definition) is 6. The van der Waals surface area contributed by atoms with Crippen molar-refractivity contribution in [1.29, 1.82) is 0 Å². The number of benzene rings is 1. The highest BCUT2D eigenvalue weighted by molar-refractivity contribution is 8.02. The summed E-state index contributed by atoms with van der Waals surface area (Å²) >= 11 is 2.75. The van der Waals surface area contributed by atoms with Gasteiger partial charge in [0, 0.05) is 19.0 Å². The van der Waals surface area contributed by atoms with Crippen LogP contribution in [0.4, 0.5) is 5.13 Å². The quantitative estimate of drug-likeness (QED) is 0.538. The molecule has 0 aliphatic heterocycles. The molecule has 2 amide bonds. The zero-order chi connectivity index (χ0) is 19.4. The van der Waals surface area contributed by atoms with E-state index in [-0.39, 0.29) is 23.1 Å². The molecule has 1 aliphatic carbocycles. The lowest BCUT2D eigenvalue weighted by Gasteiger charge is -2.17. The molecule has 0 saturated heterocycles. The van der Waals surface area contributed by atoms with Crippen LogP contribution in [0.1, 0.15) is 44.2 Å². The van der Waals surface area contributed by atoms with E-state index < -0.39 is 0 Å². The van der Waals surface area contributed by atoms with Gasteiger partial charge in [0.25, 0.3) is 0 Å². The fourth-order valence-corrected chi connectivity index (χ4v) is 4.66. The van der Waals surface area contributed by atoms with E-state index in [4.69, 9.17) is 0 Å². The predicted octanol–water partition coefficient (Wildman–Crippen LogP) is 3.55. The second-order valence-electron chi connectivity index (χ2n) is 6.66. The predicted molar refractivity (Wildman–Crippen MR) is 109 cm³/mol. The van der Waals surface area contributed by atoms with Crippen LogP contribution in [0, 0.1) is 6.92 Å². The number of thioether (sulfide) groups is 1. The highest BCUT2D eigenvalue weighted by Crippen LogP contribution is 2.37. The van der Waals surface area contributed by atoms with E-state index in [1.807, 2.05) is 45.0 Å². The van der Waals surface area contributed by atoms with Crippen LogP contribution >= 0.6 is 23.1 Å². The molecule has 3 rings (SSSR count). The molecule has 1 fully saturated rings. The largest absolute Gasteiger partial charge is 0.351 e. The SMILES string of the molecule is CCC(=O)N(c1nnc(S[C@H](C)C(=O)NCc2ccc(C)cc2)s1)C1CC1. The number of anilines is 1. The molecule has 0 unspecified atom stereocenters. The summed E-state index contributed by atoms with van der Waals surface area (Å²) in [6.45, 7) is 6.25. The monoisotopic (exact) mass is 404 g/mol. The lowest BCUT2D eigenvalue weighted by Crippen LogP contribution is -2.32. The van der Waals surface area contributed by atoms with Gasteiger partial charge in [-0.2, -0.15) is 0 Å². The Hall–Kier alpha value is -1.93. The smallest absolute Gasteiger partial charge is 0.233 e. The van der Waals surface area contributed by atoms with E-state index in [0.29, 0.717) is 22.4 Å². The minimum absolute atomic E-state index is 0.0407. The van der Waals surface area contributed by atoms with Gasteiger partial charge in [-0.25, -0.2) is 0 Å². The van der Waals surface area contributed by atoms with Crippen LogP contribution < -0.4 is 10.2 Å². The summed E-state index contributed by atoms with van der Waals surface area (Å²) in [5, 5.41) is 11.7. The van der Waals surface area contributed by atoms with Gasteiger partial charge in [0.2, 0.25) is 16.9 Å². The van der Waals surface area contributed by atoms with E-state index in [1.165, 1.54) is 28.7 Å². The maximum atomic E-state index is 12.4. The van der Waals surface area contributed by atoms with Crippen molar-refractivity contribution < 1.29 is 9.59 Å². The number of nitrogens with one attached hydrogen (secondary N) is 1. The maximum absolute atomic E-state index is 12.4. The summed E-state index contributed by atoms with van der Waals surface area (Å²) in [5.41, 5.74) is 2.27. The second kappa shape index (κ2) is 8.84. The van der Waals surface area contributed by atoms with Crippen LogP contribution in [-0.4, -0.2) is 33.3 Å². The van der Waals surface area contributed by atoms with Crippen LogP contribution in [0.25, 0.3) is 0 Å². The number of aryl methyl sites for hydroxylation is 1. The topological polar surface area (TPSA) is 75.2 Å². The zero-order valence-electron chi connectivity index (χ0n) is 15.8. The number of hydrogen-bond donors (Lipinski definition) is 1. The molecule has 0 spiro atoms. The van der Waals surface area contributed by atoms with Crippen LogP contribution in [0.5, 0.6) is 0 Å². The average molecular weight is 405 g/mol. The van der Waals surface area contributed by atoms with Gasteiger partial charge in [-0.05, 0) is 32.3 Å². The van der Waals surface area contributed by atoms with Gasteiger partial charge in [0.1, 0.15) is 0 Å². The third-order valence-corrected chi connectivity index (χ3v) is 6.43. The van der Waals surface area contributed by atoms with Crippen molar-refractivity contribution in [2.75, 3.05) is 4.90 Å². The van der Waals surface area contributed by atoms with Gasteiger partial charge in [-0.1, -0.05) is 59.9 Å². The Kier molecular flexibility index (Phi) is 6.49.